The van der Waals surface area contributed by atoms with E-state index < -0.39 is 0 Å². The summed E-state index contributed by atoms with van der Waals surface area (Å²) in [5.41, 5.74) is 1.79. The first kappa shape index (κ1) is 14.3. The van der Waals surface area contributed by atoms with E-state index in [-0.39, 0.29) is 12.0 Å². The predicted octanol–water partition coefficient (Wildman–Crippen LogP) is 2.72. The number of ether oxygens (including phenoxy) is 1. The molecular formula is C13H18N2O2S2. The second kappa shape index (κ2) is 5.88. The first-order valence-corrected chi connectivity index (χ1v) is 7.55. The highest BCUT2D eigenvalue weighted by Gasteiger charge is 2.27. The summed E-state index contributed by atoms with van der Waals surface area (Å²) in [5.74, 6) is -0.283. The van der Waals surface area contributed by atoms with Gasteiger partial charge in [0.2, 0.25) is 0 Å². The van der Waals surface area contributed by atoms with Gasteiger partial charge in [-0.1, -0.05) is 0 Å². The highest BCUT2D eigenvalue weighted by Crippen LogP contribution is 2.39. The molecule has 0 aliphatic heterocycles. The fraction of sp³-hybridized carbons (Fsp3) is 0.538. The van der Waals surface area contributed by atoms with E-state index in [2.05, 4.69) is 10.6 Å². The minimum atomic E-state index is -0.283. The van der Waals surface area contributed by atoms with E-state index in [4.69, 9.17) is 17.0 Å². The predicted molar refractivity (Wildman–Crippen MR) is 82.2 cm³/mol. The normalized spacial score (nSPS) is 13.3. The molecule has 0 bridgehead atoms. The number of esters is 1. The topological polar surface area (TPSA) is 50.4 Å². The molecule has 0 amide bonds. The molecule has 1 aromatic heterocycles. The van der Waals surface area contributed by atoms with Crippen LogP contribution in [0.15, 0.2) is 0 Å². The minimum absolute atomic E-state index is 0.258. The van der Waals surface area contributed by atoms with Crippen molar-refractivity contribution >= 4 is 39.6 Å². The Hall–Kier alpha value is -1.14. The van der Waals surface area contributed by atoms with Gasteiger partial charge in [0.1, 0.15) is 5.00 Å². The lowest BCUT2D eigenvalue weighted by Gasteiger charge is -2.13. The number of carbonyl (C=O) groups excluding carboxylic acids is 1. The Morgan fingerprint density at radius 1 is 1.42 bits per heavy atom. The third-order valence-electron chi connectivity index (χ3n) is 2.96. The van der Waals surface area contributed by atoms with Crippen LogP contribution < -0.4 is 10.6 Å². The molecule has 19 heavy (non-hydrogen) atoms. The summed E-state index contributed by atoms with van der Waals surface area (Å²) in [6.45, 7) is 4.03. The summed E-state index contributed by atoms with van der Waals surface area (Å²) >= 11 is 6.84. The third-order valence-corrected chi connectivity index (χ3v) is 4.38. The Kier molecular flexibility index (Phi) is 4.42. The van der Waals surface area contributed by atoms with E-state index in [9.17, 15) is 4.79 Å². The summed E-state index contributed by atoms with van der Waals surface area (Å²) in [6, 6.07) is 0.258. The lowest BCUT2D eigenvalue weighted by Crippen LogP contribution is -2.34. The fourth-order valence-corrected chi connectivity index (χ4v) is 3.90. The van der Waals surface area contributed by atoms with Crippen molar-refractivity contribution in [2.45, 2.75) is 39.2 Å². The SMILES string of the molecule is COC(=O)c1c(NC(=S)NC(C)C)sc2c1CCC2. The number of thiophene rings is 1. The van der Waals surface area contributed by atoms with Crippen LogP contribution in [0, 0.1) is 0 Å². The van der Waals surface area contributed by atoms with Gasteiger partial charge in [0.15, 0.2) is 5.11 Å². The Morgan fingerprint density at radius 3 is 2.79 bits per heavy atom. The zero-order chi connectivity index (χ0) is 14.0. The van der Waals surface area contributed by atoms with Gasteiger partial charge >= 0.3 is 5.97 Å². The first-order chi connectivity index (χ1) is 9.02. The molecule has 0 fully saturated rings. The molecule has 6 heteroatoms. The van der Waals surface area contributed by atoms with Crippen molar-refractivity contribution < 1.29 is 9.53 Å². The number of thiocarbonyl (C=S) groups is 1. The number of rotatable bonds is 3. The zero-order valence-electron chi connectivity index (χ0n) is 11.3. The zero-order valence-corrected chi connectivity index (χ0v) is 13.0. The van der Waals surface area contributed by atoms with Crippen LogP contribution >= 0.6 is 23.6 Å². The molecule has 1 aliphatic rings. The molecule has 0 radical (unpaired) electrons. The molecule has 1 aromatic rings. The van der Waals surface area contributed by atoms with Crippen LogP contribution in [0.2, 0.25) is 0 Å². The third kappa shape index (κ3) is 3.06. The van der Waals surface area contributed by atoms with Crippen LogP contribution in [0.1, 0.15) is 41.1 Å². The first-order valence-electron chi connectivity index (χ1n) is 6.33. The Balaban J connectivity index is 2.25. The van der Waals surface area contributed by atoms with Crippen molar-refractivity contribution in [2.75, 3.05) is 12.4 Å². The average molecular weight is 298 g/mol. The Bertz CT molecular complexity index is 509. The van der Waals surface area contributed by atoms with Gasteiger partial charge in [0, 0.05) is 10.9 Å². The van der Waals surface area contributed by atoms with Crippen LogP contribution in [0.25, 0.3) is 0 Å². The maximum atomic E-state index is 11.9. The number of hydrogen-bond donors (Lipinski definition) is 2. The summed E-state index contributed by atoms with van der Waals surface area (Å²) in [6.07, 6.45) is 3.10. The number of aryl methyl sites for hydroxylation is 1. The molecule has 0 atom stereocenters. The molecule has 2 N–H and O–H groups in total. The number of nitrogens with one attached hydrogen (secondary N) is 2. The lowest BCUT2D eigenvalue weighted by molar-refractivity contribution is 0.0601. The quantitative estimate of drug-likeness (QED) is 0.664. The van der Waals surface area contributed by atoms with E-state index in [0.717, 1.165) is 29.8 Å². The largest absolute Gasteiger partial charge is 0.465 e. The summed E-state index contributed by atoms with van der Waals surface area (Å²) < 4.78 is 4.89. The van der Waals surface area contributed by atoms with Gasteiger partial charge in [-0.3, -0.25) is 0 Å². The maximum absolute atomic E-state index is 11.9. The fourth-order valence-electron chi connectivity index (χ4n) is 2.21. The van der Waals surface area contributed by atoms with Gasteiger partial charge in [0.05, 0.1) is 12.7 Å². The second-order valence-corrected chi connectivity index (χ2v) is 6.32. The number of anilines is 1. The molecule has 4 nitrogen and oxygen atoms in total. The van der Waals surface area contributed by atoms with Crippen LogP contribution in [0.4, 0.5) is 5.00 Å². The highest BCUT2D eigenvalue weighted by atomic mass is 32.1. The van der Waals surface area contributed by atoms with E-state index in [1.54, 1.807) is 11.3 Å². The molecule has 1 heterocycles. The molecule has 0 spiro atoms. The van der Waals surface area contributed by atoms with Crippen LogP contribution in [0.3, 0.4) is 0 Å². The van der Waals surface area contributed by atoms with Gasteiger partial charge in [-0.25, -0.2) is 4.79 Å². The Morgan fingerprint density at radius 2 is 2.16 bits per heavy atom. The van der Waals surface area contributed by atoms with Crippen molar-refractivity contribution in [3.8, 4) is 0 Å². The van der Waals surface area contributed by atoms with Gasteiger partial charge < -0.3 is 15.4 Å². The average Bonchev–Trinajstić information content (AvgIpc) is 2.86. The minimum Gasteiger partial charge on any atom is -0.465 e. The van der Waals surface area contributed by atoms with E-state index >= 15 is 0 Å². The van der Waals surface area contributed by atoms with Crippen molar-refractivity contribution in [1.82, 2.24) is 5.32 Å². The van der Waals surface area contributed by atoms with Gasteiger partial charge in [0.25, 0.3) is 0 Å². The molecule has 2 rings (SSSR count). The van der Waals surface area contributed by atoms with Crippen molar-refractivity contribution in [2.24, 2.45) is 0 Å². The van der Waals surface area contributed by atoms with Gasteiger partial charge in [-0.05, 0) is 50.9 Å². The molecule has 1 aliphatic carbocycles. The number of methoxy groups -OCH3 is 1. The van der Waals surface area contributed by atoms with Crippen molar-refractivity contribution in [3.05, 3.63) is 16.0 Å². The van der Waals surface area contributed by atoms with E-state index in [1.807, 2.05) is 13.8 Å². The standard InChI is InChI=1S/C13H18N2O2S2/c1-7(2)14-13(18)15-11-10(12(16)17-3)8-5-4-6-9(8)19-11/h7H,4-6H2,1-3H3,(H2,14,15,18). The molecular weight excluding hydrogens is 280 g/mol. The highest BCUT2D eigenvalue weighted by molar-refractivity contribution is 7.80. The number of fused-ring (bicyclic) bond motifs is 1. The molecule has 104 valence electrons. The lowest BCUT2D eigenvalue weighted by atomic mass is 10.1. The summed E-state index contributed by atoms with van der Waals surface area (Å²) in [5, 5.41) is 7.58. The van der Waals surface area contributed by atoms with E-state index in [0.29, 0.717) is 10.7 Å². The van der Waals surface area contributed by atoms with Crippen LogP contribution in [-0.4, -0.2) is 24.2 Å². The van der Waals surface area contributed by atoms with Gasteiger partial charge in [-0.2, -0.15) is 0 Å². The second-order valence-electron chi connectivity index (χ2n) is 4.81. The Labute approximate surface area is 122 Å². The number of hydrogen-bond acceptors (Lipinski definition) is 4. The molecule has 0 unspecified atom stereocenters. The van der Waals surface area contributed by atoms with Crippen LogP contribution in [0.5, 0.6) is 0 Å². The molecule has 0 saturated heterocycles. The smallest absolute Gasteiger partial charge is 0.341 e. The van der Waals surface area contributed by atoms with Crippen molar-refractivity contribution in [1.29, 1.82) is 0 Å². The molecule has 0 aromatic carbocycles. The maximum Gasteiger partial charge on any atom is 0.341 e. The summed E-state index contributed by atoms with van der Waals surface area (Å²) in [7, 11) is 1.41. The van der Waals surface area contributed by atoms with Crippen LogP contribution in [-0.2, 0) is 17.6 Å². The van der Waals surface area contributed by atoms with E-state index in [1.165, 1.54) is 12.0 Å². The molecule has 0 saturated carbocycles. The number of carbonyl (C=O) groups is 1. The van der Waals surface area contributed by atoms with Gasteiger partial charge in [-0.15, -0.1) is 11.3 Å². The monoisotopic (exact) mass is 298 g/mol. The van der Waals surface area contributed by atoms with Crippen molar-refractivity contribution in [3.63, 3.8) is 0 Å². The summed E-state index contributed by atoms with van der Waals surface area (Å²) in [4.78, 5) is 13.2.